The van der Waals surface area contributed by atoms with Crippen molar-refractivity contribution in [1.29, 1.82) is 0 Å². The predicted octanol–water partition coefficient (Wildman–Crippen LogP) is 2.79. The van der Waals surface area contributed by atoms with Gasteiger partial charge in [0.2, 0.25) is 0 Å². The molecule has 0 radical (unpaired) electrons. The highest BCUT2D eigenvalue weighted by molar-refractivity contribution is 5.19. The monoisotopic (exact) mass is 235 g/mol. The maximum absolute atomic E-state index is 9.49. The molecule has 2 unspecified atom stereocenters. The second kappa shape index (κ2) is 8.26. The van der Waals surface area contributed by atoms with E-state index in [1.807, 2.05) is 6.07 Å². The van der Waals surface area contributed by atoms with E-state index in [1.54, 1.807) is 0 Å². The number of rotatable bonds is 8. The van der Waals surface area contributed by atoms with Crippen LogP contribution >= 0.6 is 0 Å². The third-order valence-corrected chi connectivity index (χ3v) is 3.39. The number of nitrogens with one attached hydrogen (secondary N) is 1. The van der Waals surface area contributed by atoms with Gasteiger partial charge in [0.05, 0.1) is 0 Å². The minimum atomic E-state index is 0.268. The maximum atomic E-state index is 9.49. The highest BCUT2D eigenvalue weighted by atomic mass is 16.3. The first kappa shape index (κ1) is 14.2. The summed E-state index contributed by atoms with van der Waals surface area (Å²) >= 11 is 0. The number of hydrogen-bond acceptors (Lipinski definition) is 2. The molecule has 0 amide bonds. The van der Waals surface area contributed by atoms with Crippen LogP contribution in [0.15, 0.2) is 30.3 Å². The van der Waals surface area contributed by atoms with Crippen LogP contribution in [-0.2, 0) is 0 Å². The van der Waals surface area contributed by atoms with Crippen LogP contribution in [0.2, 0.25) is 0 Å². The molecule has 0 aliphatic rings. The molecular formula is C15H25NO. The van der Waals surface area contributed by atoms with Gasteiger partial charge in [0, 0.05) is 6.61 Å². The zero-order chi connectivity index (χ0) is 12.5. The molecule has 2 atom stereocenters. The van der Waals surface area contributed by atoms with Gasteiger partial charge in [-0.3, -0.25) is 0 Å². The number of hydrogen-bond donors (Lipinski definition) is 2. The van der Waals surface area contributed by atoms with Crippen molar-refractivity contribution >= 4 is 0 Å². The Hall–Kier alpha value is -0.860. The van der Waals surface area contributed by atoms with Gasteiger partial charge in [0.1, 0.15) is 0 Å². The molecule has 1 rings (SSSR count). The summed E-state index contributed by atoms with van der Waals surface area (Å²) in [6.45, 7) is 6.71. The Balaban J connectivity index is 2.44. The van der Waals surface area contributed by atoms with Gasteiger partial charge >= 0.3 is 0 Å². The van der Waals surface area contributed by atoms with E-state index in [4.69, 9.17) is 0 Å². The number of benzene rings is 1. The highest BCUT2D eigenvalue weighted by Crippen LogP contribution is 2.25. The topological polar surface area (TPSA) is 32.3 Å². The van der Waals surface area contributed by atoms with E-state index in [0.29, 0.717) is 11.8 Å². The van der Waals surface area contributed by atoms with E-state index in [9.17, 15) is 5.11 Å². The van der Waals surface area contributed by atoms with E-state index in [1.165, 1.54) is 5.56 Å². The first-order valence-electron chi connectivity index (χ1n) is 6.66. The van der Waals surface area contributed by atoms with Gasteiger partial charge in [-0.05, 0) is 43.3 Å². The lowest BCUT2D eigenvalue weighted by Gasteiger charge is -2.22. The van der Waals surface area contributed by atoms with Gasteiger partial charge in [0.15, 0.2) is 0 Å². The largest absolute Gasteiger partial charge is 0.396 e. The molecule has 1 aromatic carbocycles. The van der Waals surface area contributed by atoms with E-state index in [2.05, 4.69) is 43.4 Å². The Labute approximate surface area is 105 Å². The minimum absolute atomic E-state index is 0.268. The molecule has 2 nitrogen and oxygen atoms in total. The van der Waals surface area contributed by atoms with E-state index >= 15 is 0 Å². The second-order valence-electron chi connectivity index (χ2n) is 4.68. The van der Waals surface area contributed by atoms with Gasteiger partial charge < -0.3 is 10.4 Å². The number of aliphatic hydroxyl groups is 1. The molecule has 1 aromatic rings. The predicted molar refractivity (Wildman–Crippen MR) is 73.2 cm³/mol. The van der Waals surface area contributed by atoms with Gasteiger partial charge in [-0.2, -0.15) is 0 Å². The SMILES string of the molecule is CCCNCCC(CO)C(C)c1ccccc1. The van der Waals surface area contributed by atoms with Crippen LogP contribution in [-0.4, -0.2) is 24.8 Å². The molecule has 0 saturated carbocycles. The Morgan fingerprint density at radius 1 is 1.18 bits per heavy atom. The molecule has 0 saturated heterocycles. The van der Waals surface area contributed by atoms with Gasteiger partial charge in [-0.25, -0.2) is 0 Å². The van der Waals surface area contributed by atoms with Crippen LogP contribution in [0.1, 0.15) is 38.2 Å². The third kappa shape index (κ3) is 4.88. The van der Waals surface area contributed by atoms with Crippen molar-refractivity contribution < 1.29 is 5.11 Å². The lowest BCUT2D eigenvalue weighted by Crippen LogP contribution is -2.23. The normalized spacial score (nSPS) is 14.5. The van der Waals surface area contributed by atoms with Crippen molar-refractivity contribution in [3.63, 3.8) is 0 Å². The molecule has 0 fully saturated rings. The van der Waals surface area contributed by atoms with Gasteiger partial charge in [0.25, 0.3) is 0 Å². The Kier molecular flexibility index (Phi) is 6.90. The van der Waals surface area contributed by atoms with Crippen molar-refractivity contribution in [2.75, 3.05) is 19.7 Å². The third-order valence-electron chi connectivity index (χ3n) is 3.39. The summed E-state index contributed by atoms with van der Waals surface area (Å²) in [5, 5.41) is 12.9. The minimum Gasteiger partial charge on any atom is -0.396 e. The van der Waals surface area contributed by atoms with Crippen LogP contribution in [0, 0.1) is 5.92 Å². The van der Waals surface area contributed by atoms with Crippen LogP contribution in [0.4, 0.5) is 0 Å². The van der Waals surface area contributed by atoms with Crippen LogP contribution in [0.3, 0.4) is 0 Å². The average Bonchev–Trinajstić information content (AvgIpc) is 2.39. The summed E-state index contributed by atoms with van der Waals surface area (Å²) in [5.41, 5.74) is 1.32. The molecule has 0 aliphatic heterocycles. The molecule has 0 aromatic heterocycles. The number of aliphatic hydroxyl groups excluding tert-OH is 1. The molecule has 2 heteroatoms. The highest BCUT2D eigenvalue weighted by Gasteiger charge is 2.17. The Morgan fingerprint density at radius 3 is 2.47 bits per heavy atom. The fourth-order valence-corrected chi connectivity index (χ4v) is 2.12. The summed E-state index contributed by atoms with van der Waals surface area (Å²) in [6, 6.07) is 10.5. The van der Waals surface area contributed by atoms with Crippen molar-refractivity contribution in [2.24, 2.45) is 5.92 Å². The summed E-state index contributed by atoms with van der Waals surface area (Å²) < 4.78 is 0. The first-order chi connectivity index (χ1) is 8.29. The fraction of sp³-hybridized carbons (Fsp3) is 0.600. The first-order valence-corrected chi connectivity index (χ1v) is 6.66. The standard InChI is InChI=1S/C15H25NO/c1-3-10-16-11-9-15(12-17)13(2)14-7-5-4-6-8-14/h4-8,13,15-17H,3,9-12H2,1-2H3. The molecule has 0 aliphatic carbocycles. The summed E-state index contributed by atoms with van der Waals surface area (Å²) in [6.07, 6.45) is 2.20. The molecule has 17 heavy (non-hydrogen) atoms. The summed E-state index contributed by atoms with van der Waals surface area (Å²) in [4.78, 5) is 0. The quantitative estimate of drug-likeness (QED) is 0.679. The van der Waals surface area contributed by atoms with Crippen molar-refractivity contribution in [2.45, 2.75) is 32.6 Å². The summed E-state index contributed by atoms with van der Waals surface area (Å²) in [5.74, 6) is 0.770. The van der Waals surface area contributed by atoms with Gasteiger partial charge in [-0.15, -0.1) is 0 Å². The van der Waals surface area contributed by atoms with Gasteiger partial charge in [-0.1, -0.05) is 44.2 Å². The Morgan fingerprint density at radius 2 is 1.88 bits per heavy atom. The van der Waals surface area contributed by atoms with E-state index < -0.39 is 0 Å². The lowest BCUT2D eigenvalue weighted by atomic mass is 9.86. The maximum Gasteiger partial charge on any atom is 0.0465 e. The smallest absolute Gasteiger partial charge is 0.0465 e. The fourth-order valence-electron chi connectivity index (χ4n) is 2.12. The lowest BCUT2D eigenvalue weighted by molar-refractivity contribution is 0.199. The molecular weight excluding hydrogens is 210 g/mol. The zero-order valence-corrected chi connectivity index (χ0v) is 11.0. The van der Waals surface area contributed by atoms with Crippen LogP contribution in [0.25, 0.3) is 0 Å². The van der Waals surface area contributed by atoms with E-state index in [0.717, 1.165) is 25.9 Å². The Bertz CT molecular complexity index is 286. The average molecular weight is 235 g/mol. The molecule has 0 bridgehead atoms. The second-order valence-corrected chi connectivity index (χ2v) is 4.68. The van der Waals surface area contributed by atoms with Crippen molar-refractivity contribution in [3.8, 4) is 0 Å². The van der Waals surface area contributed by atoms with E-state index in [-0.39, 0.29) is 6.61 Å². The van der Waals surface area contributed by atoms with Crippen LogP contribution in [0.5, 0.6) is 0 Å². The molecule has 0 spiro atoms. The molecule has 2 N–H and O–H groups in total. The van der Waals surface area contributed by atoms with Crippen molar-refractivity contribution in [3.05, 3.63) is 35.9 Å². The van der Waals surface area contributed by atoms with Crippen LogP contribution < -0.4 is 5.32 Å². The van der Waals surface area contributed by atoms with Crippen molar-refractivity contribution in [1.82, 2.24) is 5.32 Å². The molecule has 96 valence electrons. The zero-order valence-electron chi connectivity index (χ0n) is 11.0. The summed E-state index contributed by atoms with van der Waals surface area (Å²) in [7, 11) is 0. The molecule has 0 heterocycles.